The summed E-state index contributed by atoms with van der Waals surface area (Å²) >= 11 is 0. The van der Waals surface area contributed by atoms with Crippen LogP contribution in [0.3, 0.4) is 0 Å². The van der Waals surface area contributed by atoms with Crippen LogP contribution in [0.1, 0.15) is 50.6 Å². The van der Waals surface area contributed by atoms with E-state index in [1.54, 1.807) is 14.0 Å². The molecule has 2 rings (SSSR count). The molecule has 0 unspecified atom stereocenters. The largest absolute Gasteiger partial charge is 0.338 e. The zero-order chi connectivity index (χ0) is 17.0. The predicted octanol–water partition coefficient (Wildman–Crippen LogP) is 3.57. The number of halogens is 2. The summed E-state index contributed by atoms with van der Waals surface area (Å²) in [5.41, 5.74) is 0.517. The van der Waals surface area contributed by atoms with E-state index < -0.39 is 28.5 Å². The van der Waals surface area contributed by atoms with Gasteiger partial charge in [-0.3, -0.25) is 9.00 Å². The van der Waals surface area contributed by atoms with E-state index in [0.717, 1.165) is 37.8 Å². The number of carbonyl (C=O) groups is 1. The van der Waals surface area contributed by atoms with Gasteiger partial charge in [-0.1, -0.05) is 25.3 Å². The minimum absolute atomic E-state index is 0.00478. The van der Waals surface area contributed by atoms with Crippen molar-refractivity contribution >= 4 is 16.7 Å². The lowest BCUT2D eigenvalue weighted by Gasteiger charge is -2.27. The first-order valence-electron chi connectivity index (χ1n) is 7.98. The first-order valence-corrected chi connectivity index (χ1v) is 9.36. The highest BCUT2D eigenvalue weighted by atomic mass is 32.2. The molecule has 1 aliphatic rings. The molecule has 2 atom stereocenters. The van der Waals surface area contributed by atoms with Crippen molar-refractivity contribution in [2.24, 2.45) is 0 Å². The molecule has 1 aromatic rings. The van der Waals surface area contributed by atoms with Crippen LogP contribution in [0, 0.1) is 11.6 Å². The quantitative estimate of drug-likeness (QED) is 0.820. The van der Waals surface area contributed by atoms with Gasteiger partial charge in [0.05, 0.1) is 6.04 Å². The molecule has 0 N–H and O–H groups in total. The van der Waals surface area contributed by atoms with E-state index in [9.17, 15) is 17.8 Å². The SMILES string of the molecule is C[C@@H](c1ccc(F)c(F)c1)N(C)C(=O)C[S@](=O)C1CCCCC1. The van der Waals surface area contributed by atoms with Gasteiger partial charge < -0.3 is 4.90 Å². The first kappa shape index (κ1) is 18.0. The van der Waals surface area contributed by atoms with E-state index in [0.29, 0.717) is 5.56 Å². The van der Waals surface area contributed by atoms with E-state index in [1.807, 2.05) is 0 Å². The molecule has 0 bridgehead atoms. The van der Waals surface area contributed by atoms with Gasteiger partial charge in [0.15, 0.2) is 11.6 Å². The molecule has 128 valence electrons. The highest BCUT2D eigenvalue weighted by Gasteiger charge is 2.25. The number of hydrogen-bond acceptors (Lipinski definition) is 2. The third-order valence-corrected chi connectivity index (χ3v) is 6.34. The van der Waals surface area contributed by atoms with Crippen LogP contribution in [0.2, 0.25) is 0 Å². The molecule has 6 heteroatoms. The van der Waals surface area contributed by atoms with Crippen LogP contribution in [-0.2, 0) is 15.6 Å². The Morgan fingerprint density at radius 3 is 2.52 bits per heavy atom. The number of hydrogen-bond donors (Lipinski definition) is 0. The van der Waals surface area contributed by atoms with Gasteiger partial charge in [0.2, 0.25) is 5.91 Å². The van der Waals surface area contributed by atoms with Gasteiger partial charge in [0, 0.05) is 23.1 Å². The highest BCUT2D eigenvalue weighted by molar-refractivity contribution is 7.86. The van der Waals surface area contributed by atoms with E-state index in [1.165, 1.54) is 17.4 Å². The Morgan fingerprint density at radius 1 is 1.26 bits per heavy atom. The molecule has 1 saturated carbocycles. The number of rotatable bonds is 5. The Morgan fingerprint density at radius 2 is 1.91 bits per heavy atom. The Bertz CT molecular complexity index is 588. The van der Waals surface area contributed by atoms with Crippen LogP contribution in [0.4, 0.5) is 8.78 Å². The maximum Gasteiger partial charge on any atom is 0.235 e. The molecule has 0 aliphatic heterocycles. The maximum atomic E-state index is 13.3. The maximum absolute atomic E-state index is 13.3. The second-order valence-corrected chi connectivity index (χ2v) is 7.86. The summed E-state index contributed by atoms with van der Waals surface area (Å²) in [5.74, 6) is -2.07. The Labute approximate surface area is 138 Å². The Kier molecular flexibility index (Phi) is 6.27. The number of carbonyl (C=O) groups excluding carboxylic acids is 1. The molecule has 0 aromatic heterocycles. The number of benzene rings is 1. The lowest BCUT2D eigenvalue weighted by Crippen LogP contribution is -2.35. The fraction of sp³-hybridized carbons (Fsp3) is 0.588. The third-order valence-electron chi connectivity index (χ3n) is 4.59. The molecule has 1 aliphatic carbocycles. The summed E-state index contributed by atoms with van der Waals surface area (Å²) in [5, 5.41) is 0.111. The standard InChI is InChI=1S/C17H23F2NO2S/c1-12(13-8-9-15(18)16(19)10-13)20(2)17(21)11-23(22)14-6-4-3-5-7-14/h8-10,12,14H,3-7,11H2,1-2H3/t12-,23-/m0/s1. The van der Waals surface area contributed by atoms with Crippen molar-refractivity contribution in [1.82, 2.24) is 4.90 Å². The topological polar surface area (TPSA) is 37.4 Å². The van der Waals surface area contributed by atoms with Crippen molar-refractivity contribution in [2.75, 3.05) is 12.8 Å². The molecule has 1 aromatic carbocycles. The van der Waals surface area contributed by atoms with Gasteiger partial charge in [0.1, 0.15) is 5.75 Å². The molecule has 0 spiro atoms. The van der Waals surface area contributed by atoms with Gasteiger partial charge in [-0.2, -0.15) is 0 Å². The van der Waals surface area contributed by atoms with Crippen LogP contribution >= 0.6 is 0 Å². The summed E-state index contributed by atoms with van der Waals surface area (Å²) in [7, 11) is 0.440. The van der Waals surface area contributed by atoms with Crippen LogP contribution in [0.25, 0.3) is 0 Å². The first-order chi connectivity index (χ1) is 10.9. The van der Waals surface area contributed by atoms with Gasteiger partial charge in [0.25, 0.3) is 0 Å². The smallest absolute Gasteiger partial charge is 0.235 e. The zero-order valence-corrected chi connectivity index (χ0v) is 14.4. The molecule has 1 amide bonds. The van der Waals surface area contributed by atoms with Crippen LogP contribution in [0.15, 0.2) is 18.2 Å². The van der Waals surface area contributed by atoms with E-state index in [-0.39, 0.29) is 16.9 Å². The lowest BCUT2D eigenvalue weighted by molar-refractivity contribution is -0.129. The van der Waals surface area contributed by atoms with Crippen molar-refractivity contribution in [1.29, 1.82) is 0 Å². The average molecular weight is 343 g/mol. The third kappa shape index (κ3) is 4.59. The second-order valence-electron chi connectivity index (χ2n) is 6.14. The monoisotopic (exact) mass is 343 g/mol. The van der Waals surface area contributed by atoms with Crippen LogP contribution in [-0.4, -0.2) is 33.1 Å². The lowest BCUT2D eigenvalue weighted by atomic mass is 10.0. The minimum atomic E-state index is -1.16. The van der Waals surface area contributed by atoms with E-state index in [2.05, 4.69) is 0 Å². The van der Waals surface area contributed by atoms with Crippen molar-refractivity contribution in [2.45, 2.75) is 50.3 Å². The zero-order valence-electron chi connectivity index (χ0n) is 13.6. The fourth-order valence-corrected chi connectivity index (χ4v) is 4.42. The number of nitrogens with zero attached hydrogens (tertiary/aromatic N) is 1. The van der Waals surface area contributed by atoms with Crippen molar-refractivity contribution in [3.63, 3.8) is 0 Å². The molecule has 0 saturated heterocycles. The predicted molar refractivity (Wildman–Crippen MR) is 87.4 cm³/mol. The Balaban J connectivity index is 1.97. The van der Waals surface area contributed by atoms with Crippen LogP contribution in [0.5, 0.6) is 0 Å². The molecule has 1 fully saturated rings. The van der Waals surface area contributed by atoms with Gasteiger partial charge >= 0.3 is 0 Å². The van der Waals surface area contributed by atoms with Crippen molar-refractivity contribution < 1.29 is 17.8 Å². The summed E-state index contributed by atoms with van der Waals surface area (Å²) in [6, 6.07) is 3.22. The average Bonchev–Trinajstić information content (AvgIpc) is 2.56. The summed E-state index contributed by atoms with van der Waals surface area (Å²) in [4.78, 5) is 13.8. The second kappa shape index (κ2) is 7.99. The summed E-state index contributed by atoms with van der Waals surface area (Å²) in [6.45, 7) is 1.74. The molecule has 3 nitrogen and oxygen atoms in total. The van der Waals surface area contributed by atoms with Crippen molar-refractivity contribution in [3.05, 3.63) is 35.4 Å². The molecule has 0 heterocycles. The highest BCUT2D eigenvalue weighted by Crippen LogP contribution is 2.24. The van der Waals surface area contributed by atoms with Gasteiger partial charge in [-0.15, -0.1) is 0 Å². The summed E-state index contributed by atoms with van der Waals surface area (Å²) < 4.78 is 38.7. The molecule has 23 heavy (non-hydrogen) atoms. The van der Waals surface area contributed by atoms with Crippen molar-refractivity contribution in [3.8, 4) is 0 Å². The van der Waals surface area contributed by atoms with E-state index in [4.69, 9.17) is 0 Å². The summed E-state index contributed by atoms with van der Waals surface area (Å²) in [6.07, 6.45) is 5.16. The molecule has 0 radical (unpaired) electrons. The minimum Gasteiger partial charge on any atom is -0.338 e. The van der Waals surface area contributed by atoms with Gasteiger partial charge in [-0.05, 0) is 37.5 Å². The normalized spacial score (nSPS) is 18.4. The molecular weight excluding hydrogens is 320 g/mol. The molecular formula is C17H23F2NO2S. The van der Waals surface area contributed by atoms with Gasteiger partial charge in [-0.25, -0.2) is 8.78 Å². The van der Waals surface area contributed by atoms with Crippen LogP contribution < -0.4 is 0 Å². The fourth-order valence-electron chi connectivity index (χ4n) is 2.88. The Hall–Kier alpha value is -1.30. The number of amides is 1. The van der Waals surface area contributed by atoms with E-state index >= 15 is 0 Å².